The number of aromatic nitrogens is 1. The average molecular weight is 256 g/mol. The molecule has 1 heterocycles. The normalized spacial score (nSPS) is 11.4. The van der Waals surface area contributed by atoms with E-state index in [1.54, 1.807) is 6.20 Å². The fourth-order valence-corrected chi connectivity index (χ4v) is 1.83. The van der Waals surface area contributed by atoms with Crippen molar-refractivity contribution in [2.45, 2.75) is 33.1 Å². The zero-order chi connectivity index (χ0) is 14.0. The maximum absolute atomic E-state index is 5.77. The van der Waals surface area contributed by atoms with Gasteiger partial charge in [0.05, 0.1) is 11.9 Å². The molecule has 0 atom stereocenters. The zero-order valence-corrected chi connectivity index (χ0v) is 11.9. The van der Waals surface area contributed by atoms with Gasteiger partial charge in [0.15, 0.2) is 0 Å². The number of nitrogens with two attached hydrogens (primary N) is 1. The van der Waals surface area contributed by atoms with Crippen molar-refractivity contribution in [3.8, 4) is 11.6 Å². The highest BCUT2D eigenvalue weighted by molar-refractivity contribution is 5.43. The molecular weight excluding hydrogens is 236 g/mol. The minimum absolute atomic E-state index is 0.147. The second kappa shape index (κ2) is 4.92. The Hall–Kier alpha value is -2.03. The highest BCUT2D eigenvalue weighted by Gasteiger charge is 2.13. The Morgan fingerprint density at radius 1 is 1.11 bits per heavy atom. The lowest BCUT2D eigenvalue weighted by Gasteiger charge is -2.19. The highest BCUT2D eigenvalue weighted by atomic mass is 16.5. The Morgan fingerprint density at radius 2 is 1.74 bits per heavy atom. The predicted octanol–water partition coefficient (Wildman–Crippen LogP) is 4.06. The first-order valence-corrected chi connectivity index (χ1v) is 6.37. The van der Waals surface area contributed by atoms with Crippen LogP contribution in [-0.4, -0.2) is 4.98 Å². The molecule has 2 rings (SSSR count). The number of hydrogen-bond donors (Lipinski definition) is 1. The minimum Gasteiger partial charge on any atom is -0.439 e. The molecular formula is C16H20N2O. The maximum atomic E-state index is 5.77. The van der Waals surface area contributed by atoms with Gasteiger partial charge in [-0.05, 0) is 36.1 Å². The van der Waals surface area contributed by atoms with Gasteiger partial charge in [0.1, 0.15) is 5.75 Å². The molecule has 0 aliphatic rings. The molecule has 2 aromatic rings. The van der Waals surface area contributed by atoms with E-state index in [9.17, 15) is 0 Å². The molecule has 0 fully saturated rings. The second-order valence-corrected chi connectivity index (χ2v) is 5.77. The fraction of sp³-hybridized carbons (Fsp3) is 0.312. The van der Waals surface area contributed by atoms with Gasteiger partial charge in [0.2, 0.25) is 5.88 Å². The molecule has 19 heavy (non-hydrogen) atoms. The molecule has 2 N–H and O–H groups in total. The number of rotatable bonds is 2. The molecule has 3 nitrogen and oxygen atoms in total. The lowest BCUT2D eigenvalue weighted by atomic mass is 9.87. The van der Waals surface area contributed by atoms with E-state index in [2.05, 4.69) is 37.9 Å². The molecule has 0 radical (unpaired) electrons. The van der Waals surface area contributed by atoms with Crippen LogP contribution < -0.4 is 10.5 Å². The van der Waals surface area contributed by atoms with Gasteiger partial charge in [0, 0.05) is 5.56 Å². The summed E-state index contributed by atoms with van der Waals surface area (Å²) in [5.74, 6) is 1.38. The SMILES string of the molecule is Cc1cc(N)cnc1Oc1ccc(C(C)(C)C)cc1. The van der Waals surface area contributed by atoms with Gasteiger partial charge in [0.25, 0.3) is 0 Å². The first kappa shape index (κ1) is 13.4. The summed E-state index contributed by atoms with van der Waals surface area (Å²) in [7, 11) is 0. The van der Waals surface area contributed by atoms with Crippen molar-refractivity contribution in [3.05, 3.63) is 47.7 Å². The van der Waals surface area contributed by atoms with E-state index in [0.29, 0.717) is 11.6 Å². The number of pyridine rings is 1. The van der Waals surface area contributed by atoms with Crippen LogP contribution in [0.5, 0.6) is 11.6 Å². The summed E-state index contributed by atoms with van der Waals surface area (Å²) in [6.45, 7) is 8.50. The smallest absolute Gasteiger partial charge is 0.222 e. The topological polar surface area (TPSA) is 48.1 Å². The number of anilines is 1. The van der Waals surface area contributed by atoms with Crippen LogP contribution >= 0.6 is 0 Å². The van der Waals surface area contributed by atoms with Crippen molar-refractivity contribution in [1.29, 1.82) is 0 Å². The lowest BCUT2D eigenvalue weighted by Crippen LogP contribution is -2.10. The molecule has 0 bridgehead atoms. The molecule has 0 aliphatic heterocycles. The summed E-state index contributed by atoms with van der Waals surface area (Å²) in [5, 5.41) is 0. The second-order valence-electron chi connectivity index (χ2n) is 5.77. The molecule has 0 spiro atoms. The molecule has 0 saturated carbocycles. The van der Waals surface area contributed by atoms with Crippen LogP contribution in [-0.2, 0) is 5.41 Å². The predicted molar refractivity (Wildman–Crippen MR) is 78.6 cm³/mol. The van der Waals surface area contributed by atoms with Crippen molar-refractivity contribution in [1.82, 2.24) is 4.98 Å². The third kappa shape index (κ3) is 3.25. The summed E-state index contributed by atoms with van der Waals surface area (Å²) in [4.78, 5) is 4.20. The molecule has 3 heteroatoms. The van der Waals surface area contributed by atoms with Crippen LogP contribution in [0.3, 0.4) is 0 Å². The average Bonchev–Trinajstić information content (AvgIpc) is 2.32. The summed E-state index contributed by atoms with van der Waals surface area (Å²) in [5.41, 5.74) is 8.67. The largest absolute Gasteiger partial charge is 0.439 e. The quantitative estimate of drug-likeness (QED) is 0.881. The van der Waals surface area contributed by atoms with Crippen molar-refractivity contribution < 1.29 is 4.74 Å². The van der Waals surface area contributed by atoms with E-state index in [0.717, 1.165) is 11.3 Å². The third-order valence-corrected chi connectivity index (χ3v) is 2.99. The van der Waals surface area contributed by atoms with E-state index < -0.39 is 0 Å². The Kier molecular flexibility index (Phi) is 3.47. The number of benzene rings is 1. The number of hydrogen-bond acceptors (Lipinski definition) is 3. The van der Waals surface area contributed by atoms with Gasteiger partial charge >= 0.3 is 0 Å². The van der Waals surface area contributed by atoms with Crippen molar-refractivity contribution >= 4 is 5.69 Å². The Bertz CT molecular complexity index is 568. The molecule has 1 aromatic heterocycles. The van der Waals surface area contributed by atoms with Crippen LogP contribution in [0.25, 0.3) is 0 Å². The van der Waals surface area contributed by atoms with Crippen LogP contribution in [0.4, 0.5) is 5.69 Å². The standard InChI is InChI=1S/C16H20N2O/c1-11-9-13(17)10-18-15(11)19-14-7-5-12(6-8-14)16(2,3)4/h5-10H,17H2,1-4H3. The van der Waals surface area contributed by atoms with Crippen LogP contribution in [0.1, 0.15) is 31.9 Å². The molecule has 0 saturated heterocycles. The van der Waals surface area contributed by atoms with Gasteiger partial charge < -0.3 is 10.5 Å². The van der Waals surface area contributed by atoms with Crippen molar-refractivity contribution in [2.24, 2.45) is 0 Å². The fourth-order valence-electron chi connectivity index (χ4n) is 1.83. The Balaban J connectivity index is 2.20. The van der Waals surface area contributed by atoms with Crippen molar-refractivity contribution in [3.63, 3.8) is 0 Å². The summed E-state index contributed by atoms with van der Waals surface area (Å²) in [6.07, 6.45) is 1.60. The van der Waals surface area contributed by atoms with Crippen LogP contribution in [0, 0.1) is 6.92 Å². The van der Waals surface area contributed by atoms with E-state index in [1.165, 1.54) is 5.56 Å². The number of nitrogen functional groups attached to an aromatic ring is 1. The molecule has 0 unspecified atom stereocenters. The van der Waals surface area contributed by atoms with E-state index in [4.69, 9.17) is 10.5 Å². The molecule has 0 aliphatic carbocycles. The molecule has 1 aromatic carbocycles. The summed E-state index contributed by atoms with van der Waals surface area (Å²) < 4.78 is 5.77. The monoisotopic (exact) mass is 256 g/mol. The summed E-state index contributed by atoms with van der Waals surface area (Å²) in [6, 6.07) is 9.96. The summed E-state index contributed by atoms with van der Waals surface area (Å²) >= 11 is 0. The van der Waals surface area contributed by atoms with Gasteiger partial charge in [-0.15, -0.1) is 0 Å². The van der Waals surface area contributed by atoms with Gasteiger partial charge in [-0.25, -0.2) is 4.98 Å². The lowest BCUT2D eigenvalue weighted by molar-refractivity contribution is 0.458. The van der Waals surface area contributed by atoms with Crippen LogP contribution in [0.15, 0.2) is 36.5 Å². The molecule has 100 valence electrons. The highest BCUT2D eigenvalue weighted by Crippen LogP contribution is 2.27. The number of aryl methyl sites for hydroxylation is 1. The first-order chi connectivity index (χ1) is 8.86. The van der Waals surface area contributed by atoms with E-state index >= 15 is 0 Å². The Labute approximate surface area is 114 Å². The third-order valence-electron chi connectivity index (χ3n) is 2.99. The van der Waals surface area contributed by atoms with E-state index in [1.807, 2.05) is 25.1 Å². The van der Waals surface area contributed by atoms with Gasteiger partial charge in [-0.2, -0.15) is 0 Å². The maximum Gasteiger partial charge on any atom is 0.222 e. The molecule has 0 amide bonds. The number of nitrogens with zero attached hydrogens (tertiary/aromatic N) is 1. The zero-order valence-electron chi connectivity index (χ0n) is 11.9. The van der Waals surface area contributed by atoms with E-state index in [-0.39, 0.29) is 5.41 Å². The van der Waals surface area contributed by atoms with Crippen molar-refractivity contribution in [2.75, 3.05) is 5.73 Å². The first-order valence-electron chi connectivity index (χ1n) is 6.37. The number of ether oxygens (including phenoxy) is 1. The Morgan fingerprint density at radius 3 is 2.26 bits per heavy atom. The van der Waals surface area contributed by atoms with Gasteiger partial charge in [-0.1, -0.05) is 32.9 Å². The minimum atomic E-state index is 0.147. The van der Waals surface area contributed by atoms with Gasteiger partial charge in [-0.3, -0.25) is 0 Å². The van der Waals surface area contributed by atoms with Crippen LogP contribution in [0.2, 0.25) is 0 Å².